The predicted octanol–water partition coefficient (Wildman–Crippen LogP) is 5.08. The number of nitrogens with one attached hydrogen (secondary N) is 2. The van der Waals surface area contributed by atoms with Crippen molar-refractivity contribution in [2.24, 2.45) is 0 Å². The van der Waals surface area contributed by atoms with Crippen molar-refractivity contribution in [3.8, 4) is 5.75 Å². The summed E-state index contributed by atoms with van der Waals surface area (Å²) in [5.41, 5.74) is 0.335. The van der Waals surface area contributed by atoms with E-state index in [0.29, 0.717) is 24.1 Å². The lowest BCUT2D eigenvalue weighted by Gasteiger charge is -2.36. The molecule has 2 aromatic carbocycles. The molecule has 1 aliphatic heterocycles. The first-order valence-electron chi connectivity index (χ1n) is 10.6. The quantitative estimate of drug-likeness (QED) is 0.311. The first kappa shape index (κ1) is 24.0. The van der Waals surface area contributed by atoms with Gasteiger partial charge >= 0.3 is 0 Å². The van der Waals surface area contributed by atoms with Crippen molar-refractivity contribution in [3.63, 3.8) is 0 Å². The molecule has 1 spiro atoms. The Morgan fingerprint density at radius 2 is 2.00 bits per heavy atom. The van der Waals surface area contributed by atoms with E-state index in [9.17, 15) is 22.4 Å². The minimum Gasteiger partial charge on any atom is -0.455 e. The molecule has 1 fully saturated rings. The molecule has 4 rings (SSSR count). The summed E-state index contributed by atoms with van der Waals surface area (Å²) < 4.78 is 48.5. The molecule has 0 saturated heterocycles. The summed E-state index contributed by atoms with van der Waals surface area (Å²) in [6, 6.07) is 6.21. The van der Waals surface area contributed by atoms with Crippen LogP contribution in [0.3, 0.4) is 0 Å². The van der Waals surface area contributed by atoms with Gasteiger partial charge in [-0.1, -0.05) is 24.1 Å². The van der Waals surface area contributed by atoms with Gasteiger partial charge in [0.2, 0.25) is 5.91 Å². The van der Waals surface area contributed by atoms with Gasteiger partial charge in [-0.25, -0.2) is 12.8 Å². The van der Waals surface area contributed by atoms with Crippen LogP contribution in [0.4, 0.5) is 15.8 Å². The molecule has 2 aliphatic rings. The zero-order valence-corrected chi connectivity index (χ0v) is 20.0. The molecule has 0 radical (unpaired) electrons. The molecule has 34 heavy (non-hydrogen) atoms. The van der Waals surface area contributed by atoms with Gasteiger partial charge in [-0.2, -0.15) is 0 Å². The minimum atomic E-state index is -4.32. The smallest absolute Gasteiger partial charge is 0.264 e. The molecule has 2 aromatic rings. The number of sulfonamides is 1. The monoisotopic (exact) mass is 504 g/mol. The number of allylic oxidation sites excluding steroid dienone is 3. The van der Waals surface area contributed by atoms with Crippen LogP contribution in [0.25, 0.3) is 0 Å². The van der Waals surface area contributed by atoms with Gasteiger partial charge in [0.15, 0.2) is 11.5 Å². The maximum atomic E-state index is 14.3. The summed E-state index contributed by atoms with van der Waals surface area (Å²) in [5, 5.41) is 2.91. The number of fused-ring (bicyclic) bond motifs is 2. The summed E-state index contributed by atoms with van der Waals surface area (Å²) >= 11 is 5.74. The molecule has 1 aliphatic carbocycles. The van der Waals surface area contributed by atoms with E-state index in [4.69, 9.17) is 16.3 Å². The number of halogens is 2. The fourth-order valence-electron chi connectivity index (χ4n) is 4.15. The van der Waals surface area contributed by atoms with Gasteiger partial charge in [0.25, 0.3) is 10.0 Å². The van der Waals surface area contributed by atoms with Crippen molar-refractivity contribution in [1.82, 2.24) is 0 Å². The highest BCUT2D eigenvalue weighted by Gasteiger charge is 2.52. The number of hydrogen-bond acceptors (Lipinski definition) is 5. The van der Waals surface area contributed by atoms with Crippen LogP contribution < -0.4 is 14.8 Å². The van der Waals surface area contributed by atoms with Crippen molar-refractivity contribution in [2.45, 2.75) is 43.4 Å². The minimum absolute atomic E-state index is 0.0648. The van der Waals surface area contributed by atoms with Crippen molar-refractivity contribution in [1.29, 1.82) is 0 Å². The van der Waals surface area contributed by atoms with Crippen LogP contribution in [0.2, 0.25) is 5.02 Å². The fraction of sp³-hybridized carbons (Fsp3) is 0.250. The zero-order valence-electron chi connectivity index (χ0n) is 18.4. The lowest BCUT2D eigenvalue weighted by Crippen LogP contribution is -2.40. The summed E-state index contributed by atoms with van der Waals surface area (Å²) in [5.74, 6) is -1.06. The molecule has 1 amide bonds. The second-order valence-electron chi connectivity index (χ2n) is 8.23. The third-order valence-corrected chi connectivity index (χ3v) is 7.49. The van der Waals surface area contributed by atoms with E-state index in [1.54, 1.807) is 25.1 Å². The maximum absolute atomic E-state index is 14.3. The van der Waals surface area contributed by atoms with Crippen LogP contribution in [0, 0.1) is 5.82 Å². The summed E-state index contributed by atoms with van der Waals surface area (Å²) in [6.07, 6.45) is 6.60. The Hall–Kier alpha value is -3.17. The van der Waals surface area contributed by atoms with Crippen LogP contribution in [-0.2, 0) is 25.0 Å². The standard InChI is InChI=1S/C24H22ClFN2O5S/c1-3-5-17(10-14(2)29)33-20-13-16(12-18-22(20)27-23(30)24(18)8-4-9-24)28-34(31,32)21-7-6-15(25)11-19(21)26/h3,5-7,10-13,28H,4,8-9H2,1-2H3,(H,27,30)/b5-3-,17-10+. The van der Waals surface area contributed by atoms with Crippen molar-refractivity contribution >= 4 is 44.7 Å². The molecule has 1 saturated carbocycles. The molecule has 2 N–H and O–H groups in total. The lowest BCUT2D eigenvalue weighted by atomic mass is 9.65. The van der Waals surface area contributed by atoms with Crippen LogP contribution in [0.5, 0.6) is 5.75 Å². The van der Waals surface area contributed by atoms with E-state index in [1.165, 1.54) is 25.1 Å². The highest BCUT2D eigenvalue weighted by atomic mass is 35.5. The third-order valence-electron chi connectivity index (χ3n) is 5.84. The predicted molar refractivity (Wildman–Crippen MR) is 127 cm³/mol. The molecule has 0 bridgehead atoms. The van der Waals surface area contributed by atoms with Gasteiger partial charge in [-0.05, 0) is 62.6 Å². The molecular weight excluding hydrogens is 483 g/mol. The largest absolute Gasteiger partial charge is 0.455 e. The molecule has 0 unspecified atom stereocenters. The van der Waals surface area contributed by atoms with E-state index in [2.05, 4.69) is 10.0 Å². The van der Waals surface area contributed by atoms with Gasteiger partial charge in [0.05, 0.1) is 16.8 Å². The number of hydrogen-bond donors (Lipinski definition) is 2. The average molecular weight is 505 g/mol. The number of ether oxygens (including phenoxy) is 1. The Kier molecular flexibility index (Phi) is 6.26. The zero-order chi connectivity index (χ0) is 24.7. The van der Waals surface area contributed by atoms with Crippen LogP contribution in [0.1, 0.15) is 38.7 Å². The average Bonchev–Trinajstić information content (AvgIpc) is 2.99. The molecule has 7 nitrogen and oxygen atoms in total. The van der Waals surface area contributed by atoms with Gasteiger partial charge < -0.3 is 10.1 Å². The van der Waals surface area contributed by atoms with Crippen molar-refractivity contribution in [2.75, 3.05) is 10.0 Å². The molecule has 10 heteroatoms. The molecule has 178 valence electrons. The van der Waals surface area contributed by atoms with E-state index in [0.717, 1.165) is 18.6 Å². The second kappa shape index (κ2) is 8.88. The van der Waals surface area contributed by atoms with Crippen molar-refractivity contribution in [3.05, 3.63) is 70.7 Å². The summed E-state index contributed by atoms with van der Waals surface area (Å²) in [7, 11) is -4.32. The van der Waals surface area contributed by atoms with E-state index in [-0.39, 0.29) is 33.9 Å². The number of anilines is 2. The first-order chi connectivity index (χ1) is 16.1. The topological polar surface area (TPSA) is 102 Å². The summed E-state index contributed by atoms with van der Waals surface area (Å²) in [4.78, 5) is 23.9. The highest BCUT2D eigenvalue weighted by molar-refractivity contribution is 7.92. The van der Waals surface area contributed by atoms with Gasteiger partial charge in [-0.15, -0.1) is 0 Å². The van der Waals surface area contributed by atoms with Crippen LogP contribution in [0.15, 0.2) is 59.2 Å². The van der Waals surface area contributed by atoms with Crippen LogP contribution in [-0.4, -0.2) is 20.1 Å². The first-order valence-corrected chi connectivity index (χ1v) is 12.4. The Labute approximate surface area is 201 Å². The molecule has 1 heterocycles. The van der Waals surface area contributed by atoms with E-state index < -0.39 is 26.2 Å². The summed E-state index contributed by atoms with van der Waals surface area (Å²) in [6.45, 7) is 3.12. The number of carbonyl (C=O) groups is 2. The maximum Gasteiger partial charge on any atom is 0.264 e. The van der Waals surface area contributed by atoms with E-state index >= 15 is 0 Å². The Morgan fingerprint density at radius 3 is 2.59 bits per heavy atom. The van der Waals surface area contributed by atoms with Crippen LogP contribution >= 0.6 is 11.6 Å². The fourth-order valence-corrected chi connectivity index (χ4v) is 5.41. The number of ketones is 1. The van der Waals surface area contributed by atoms with E-state index in [1.807, 2.05) is 0 Å². The lowest BCUT2D eigenvalue weighted by molar-refractivity contribution is -0.123. The van der Waals surface area contributed by atoms with Gasteiger partial charge in [0.1, 0.15) is 16.5 Å². The third kappa shape index (κ3) is 4.33. The number of carbonyl (C=O) groups excluding carboxylic acids is 2. The SMILES string of the molecule is C/C=C\C(=C/C(C)=O)Oc1cc(NS(=O)(=O)c2ccc(Cl)cc2F)cc2c1NC(=O)C21CCC1. The molecular formula is C24H22ClFN2O5S. The Balaban J connectivity index is 1.81. The Morgan fingerprint density at radius 1 is 1.26 bits per heavy atom. The highest BCUT2D eigenvalue weighted by Crippen LogP contribution is 2.54. The molecule has 0 aromatic heterocycles. The Bertz CT molecular complexity index is 1360. The normalized spacial score (nSPS) is 16.8. The van der Waals surface area contributed by atoms with Gasteiger partial charge in [0, 0.05) is 17.2 Å². The number of benzene rings is 2. The number of rotatable bonds is 7. The molecule has 0 atom stereocenters. The van der Waals surface area contributed by atoms with Crippen molar-refractivity contribution < 1.29 is 27.1 Å². The van der Waals surface area contributed by atoms with Gasteiger partial charge in [-0.3, -0.25) is 14.3 Å². The number of amides is 1. The second-order valence-corrected chi connectivity index (χ2v) is 10.3.